The Morgan fingerprint density at radius 3 is 3.00 bits per heavy atom. The van der Waals surface area contributed by atoms with Crippen molar-refractivity contribution in [2.75, 3.05) is 6.54 Å². The highest BCUT2D eigenvalue weighted by Gasteiger charge is 2.29. The van der Waals surface area contributed by atoms with Gasteiger partial charge in [0.2, 0.25) is 0 Å². The van der Waals surface area contributed by atoms with Gasteiger partial charge < -0.3 is 4.40 Å². The average molecular weight is 229 g/mol. The van der Waals surface area contributed by atoms with E-state index in [0.717, 1.165) is 5.65 Å². The molecule has 1 fully saturated rings. The zero-order valence-corrected chi connectivity index (χ0v) is 10.5. The lowest BCUT2D eigenvalue weighted by molar-refractivity contribution is 0.202. The van der Waals surface area contributed by atoms with Gasteiger partial charge in [-0.05, 0) is 45.4 Å². The molecule has 3 heterocycles. The van der Waals surface area contributed by atoms with Crippen molar-refractivity contribution in [3.05, 3.63) is 36.3 Å². The Kier molecular flexibility index (Phi) is 2.63. The maximum absolute atomic E-state index is 4.75. The van der Waals surface area contributed by atoms with Crippen LogP contribution in [0.15, 0.2) is 30.6 Å². The lowest BCUT2D eigenvalue weighted by atomic mass is 10.1. The van der Waals surface area contributed by atoms with E-state index in [0.29, 0.717) is 12.1 Å². The number of likely N-dealkylation sites (tertiary alicyclic amines) is 1. The van der Waals surface area contributed by atoms with Crippen molar-refractivity contribution in [3.8, 4) is 0 Å². The highest BCUT2D eigenvalue weighted by Crippen LogP contribution is 2.32. The van der Waals surface area contributed by atoms with Crippen molar-refractivity contribution in [3.63, 3.8) is 0 Å². The van der Waals surface area contributed by atoms with Crippen LogP contribution in [0.4, 0.5) is 0 Å². The van der Waals surface area contributed by atoms with E-state index in [4.69, 9.17) is 4.98 Å². The molecule has 0 aliphatic carbocycles. The molecule has 90 valence electrons. The van der Waals surface area contributed by atoms with E-state index in [2.05, 4.69) is 41.6 Å². The maximum atomic E-state index is 4.75. The van der Waals surface area contributed by atoms with Crippen molar-refractivity contribution in [1.29, 1.82) is 0 Å². The Labute approximate surface area is 102 Å². The number of hydrogen-bond acceptors (Lipinski definition) is 2. The fraction of sp³-hybridized carbons (Fsp3) is 0.500. The molecule has 3 rings (SSSR count). The van der Waals surface area contributed by atoms with Crippen LogP contribution in [0.3, 0.4) is 0 Å². The molecule has 0 N–H and O–H groups in total. The van der Waals surface area contributed by atoms with Crippen LogP contribution < -0.4 is 0 Å². The lowest BCUT2D eigenvalue weighted by Crippen LogP contribution is -2.30. The van der Waals surface area contributed by atoms with Crippen LogP contribution in [-0.2, 0) is 0 Å². The van der Waals surface area contributed by atoms with Gasteiger partial charge in [-0.2, -0.15) is 0 Å². The zero-order chi connectivity index (χ0) is 11.8. The molecule has 0 bridgehead atoms. The molecule has 3 heteroatoms. The van der Waals surface area contributed by atoms with E-state index in [1.165, 1.54) is 25.1 Å². The molecule has 17 heavy (non-hydrogen) atoms. The second kappa shape index (κ2) is 4.15. The maximum Gasteiger partial charge on any atom is 0.137 e. The molecule has 0 aromatic carbocycles. The van der Waals surface area contributed by atoms with Gasteiger partial charge in [0.05, 0.1) is 11.7 Å². The Morgan fingerprint density at radius 2 is 2.24 bits per heavy atom. The van der Waals surface area contributed by atoms with E-state index < -0.39 is 0 Å². The lowest BCUT2D eigenvalue weighted by Gasteiger charge is -2.26. The quantitative estimate of drug-likeness (QED) is 0.789. The molecule has 3 nitrogen and oxygen atoms in total. The summed E-state index contributed by atoms with van der Waals surface area (Å²) in [5.74, 6) is 0. The Morgan fingerprint density at radius 1 is 1.35 bits per heavy atom. The number of hydrogen-bond donors (Lipinski definition) is 0. The first-order valence-electron chi connectivity index (χ1n) is 6.45. The number of rotatable bonds is 2. The summed E-state index contributed by atoms with van der Waals surface area (Å²) in [6.45, 7) is 5.75. The molecular weight excluding hydrogens is 210 g/mol. The Bertz CT molecular complexity index is 482. The molecule has 1 unspecified atom stereocenters. The summed E-state index contributed by atoms with van der Waals surface area (Å²) in [5.41, 5.74) is 2.28. The summed E-state index contributed by atoms with van der Waals surface area (Å²) in [6.07, 6.45) is 6.78. The van der Waals surface area contributed by atoms with Gasteiger partial charge in [-0.3, -0.25) is 4.90 Å². The first kappa shape index (κ1) is 10.8. The molecule has 1 saturated heterocycles. The van der Waals surface area contributed by atoms with Crippen LogP contribution in [0, 0.1) is 0 Å². The fourth-order valence-electron chi connectivity index (χ4n) is 2.84. The van der Waals surface area contributed by atoms with Crippen LogP contribution >= 0.6 is 0 Å². The molecule has 2 aromatic rings. The summed E-state index contributed by atoms with van der Waals surface area (Å²) in [5, 5.41) is 0. The summed E-state index contributed by atoms with van der Waals surface area (Å²) >= 11 is 0. The number of aromatic nitrogens is 2. The highest BCUT2D eigenvalue weighted by atomic mass is 15.2. The zero-order valence-electron chi connectivity index (χ0n) is 10.5. The molecule has 1 aliphatic heterocycles. The first-order valence-corrected chi connectivity index (χ1v) is 6.45. The fourth-order valence-corrected chi connectivity index (χ4v) is 2.84. The topological polar surface area (TPSA) is 20.5 Å². The van der Waals surface area contributed by atoms with Gasteiger partial charge in [-0.15, -0.1) is 0 Å². The van der Waals surface area contributed by atoms with E-state index in [9.17, 15) is 0 Å². The molecule has 0 spiro atoms. The van der Waals surface area contributed by atoms with Gasteiger partial charge in [0.25, 0.3) is 0 Å². The number of fused-ring (bicyclic) bond motifs is 1. The van der Waals surface area contributed by atoms with E-state index >= 15 is 0 Å². The van der Waals surface area contributed by atoms with Gasteiger partial charge in [0, 0.05) is 18.4 Å². The third-order valence-electron chi connectivity index (χ3n) is 3.68. The van der Waals surface area contributed by atoms with Crippen molar-refractivity contribution in [1.82, 2.24) is 14.3 Å². The van der Waals surface area contributed by atoms with E-state index in [1.54, 1.807) is 0 Å². The molecule has 1 atom stereocenters. The van der Waals surface area contributed by atoms with Crippen molar-refractivity contribution >= 4 is 5.65 Å². The standard InChI is InChI=1S/C14H19N3/c1-11(2)17-9-5-6-13(17)12-10-16-8-4-3-7-14(16)15-12/h3-4,7-8,10-11,13H,5-6,9H2,1-2H3. The van der Waals surface area contributed by atoms with Crippen LogP contribution in [-0.4, -0.2) is 26.9 Å². The second-order valence-corrected chi connectivity index (χ2v) is 5.12. The second-order valence-electron chi connectivity index (χ2n) is 5.12. The van der Waals surface area contributed by atoms with Crippen LogP contribution in [0.5, 0.6) is 0 Å². The minimum absolute atomic E-state index is 0.509. The Hall–Kier alpha value is -1.35. The normalized spacial score (nSPS) is 21.7. The highest BCUT2D eigenvalue weighted by molar-refractivity contribution is 5.40. The van der Waals surface area contributed by atoms with Crippen molar-refractivity contribution in [2.24, 2.45) is 0 Å². The number of imidazole rings is 1. The third-order valence-corrected chi connectivity index (χ3v) is 3.68. The minimum Gasteiger partial charge on any atom is -0.307 e. The first-order chi connectivity index (χ1) is 8.25. The molecular formula is C14H19N3. The SMILES string of the molecule is CC(C)N1CCCC1c1cn2ccccc2n1. The third kappa shape index (κ3) is 1.84. The van der Waals surface area contributed by atoms with Crippen molar-refractivity contribution in [2.45, 2.75) is 38.8 Å². The average Bonchev–Trinajstić information content (AvgIpc) is 2.95. The van der Waals surface area contributed by atoms with Crippen LogP contribution in [0.25, 0.3) is 5.65 Å². The molecule has 0 amide bonds. The Balaban J connectivity index is 1.97. The predicted octanol–water partition coefficient (Wildman–Crippen LogP) is 2.88. The molecule has 0 radical (unpaired) electrons. The van der Waals surface area contributed by atoms with Gasteiger partial charge >= 0.3 is 0 Å². The van der Waals surface area contributed by atoms with Crippen LogP contribution in [0.1, 0.15) is 38.4 Å². The molecule has 1 aliphatic rings. The largest absolute Gasteiger partial charge is 0.307 e. The summed E-state index contributed by atoms with van der Waals surface area (Å²) < 4.78 is 2.12. The van der Waals surface area contributed by atoms with Crippen LogP contribution in [0.2, 0.25) is 0 Å². The molecule has 2 aromatic heterocycles. The number of nitrogens with zero attached hydrogens (tertiary/aromatic N) is 3. The van der Waals surface area contributed by atoms with E-state index in [-0.39, 0.29) is 0 Å². The summed E-state index contributed by atoms with van der Waals surface area (Å²) in [7, 11) is 0. The van der Waals surface area contributed by atoms with E-state index in [1.807, 2.05) is 12.1 Å². The monoisotopic (exact) mass is 229 g/mol. The van der Waals surface area contributed by atoms with Gasteiger partial charge in [-0.1, -0.05) is 6.07 Å². The smallest absolute Gasteiger partial charge is 0.137 e. The van der Waals surface area contributed by atoms with Gasteiger partial charge in [0.15, 0.2) is 0 Å². The molecule has 0 saturated carbocycles. The van der Waals surface area contributed by atoms with Gasteiger partial charge in [0.1, 0.15) is 5.65 Å². The predicted molar refractivity (Wildman–Crippen MR) is 69.0 cm³/mol. The van der Waals surface area contributed by atoms with Gasteiger partial charge in [-0.25, -0.2) is 4.98 Å². The summed E-state index contributed by atoms with van der Waals surface area (Å²) in [6, 6.07) is 7.27. The minimum atomic E-state index is 0.509. The number of pyridine rings is 1. The summed E-state index contributed by atoms with van der Waals surface area (Å²) in [4.78, 5) is 7.31. The van der Waals surface area contributed by atoms with Crippen molar-refractivity contribution < 1.29 is 0 Å².